The number of nitrogens with zero attached hydrogens (tertiary/aromatic N) is 1. The molecule has 5 nitrogen and oxygen atoms in total. The van der Waals surface area contributed by atoms with Gasteiger partial charge in [-0.2, -0.15) is 0 Å². The molecule has 2 N–H and O–H groups in total. The smallest absolute Gasteiger partial charge is 0.335 e. The van der Waals surface area contributed by atoms with Crippen LogP contribution in [0, 0.1) is 0 Å². The number of hydrogen-bond acceptors (Lipinski definition) is 2. The van der Waals surface area contributed by atoms with Crippen LogP contribution in [0.3, 0.4) is 0 Å². The van der Waals surface area contributed by atoms with Crippen LogP contribution in [0.2, 0.25) is 0 Å². The lowest BCUT2D eigenvalue weighted by Gasteiger charge is -2.19. The van der Waals surface area contributed by atoms with E-state index in [4.69, 9.17) is 5.11 Å². The van der Waals surface area contributed by atoms with Crippen LogP contribution >= 0.6 is 0 Å². The molecule has 1 aromatic carbocycles. The fraction of sp³-hybridized carbons (Fsp3) is 0.429. The fourth-order valence-electron chi connectivity index (χ4n) is 1.80. The van der Waals surface area contributed by atoms with Gasteiger partial charge in [0.1, 0.15) is 0 Å². The Morgan fingerprint density at radius 1 is 1.26 bits per heavy atom. The standard InChI is InChI=1S/C14H20N2O3/c1-3-16(4-2)14(19)15-9-8-11-6-5-7-12(10-11)13(17)18/h5-7,10H,3-4,8-9H2,1-2H3,(H,15,19)(H,17,18). The Morgan fingerprint density at radius 3 is 2.53 bits per heavy atom. The maximum absolute atomic E-state index is 11.7. The van der Waals surface area contributed by atoms with E-state index in [1.54, 1.807) is 23.1 Å². The summed E-state index contributed by atoms with van der Waals surface area (Å²) in [5.41, 5.74) is 1.17. The maximum atomic E-state index is 11.7. The van der Waals surface area contributed by atoms with Crippen molar-refractivity contribution in [2.75, 3.05) is 19.6 Å². The van der Waals surface area contributed by atoms with E-state index in [1.165, 1.54) is 0 Å². The minimum Gasteiger partial charge on any atom is -0.478 e. The third-order valence-corrected chi connectivity index (χ3v) is 2.91. The second kappa shape index (κ2) is 7.41. The molecule has 0 bridgehead atoms. The predicted octanol–water partition coefficient (Wildman–Crippen LogP) is 1.98. The number of hydrogen-bond donors (Lipinski definition) is 2. The number of carbonyl (C=O) groups is 2. The number of amides is 2. The minimum absolute atomic E-state index is 0.0839. The first-order valence-corrected chi connectivity index (χ1v) is 6.43. The third-order valence-electron chi connectivity index (χ3n) is 2.91. The Hall–Kier alpha value is -2.04. The van der Waals surface area contributed by atoms with E-state index in [9.17, 15) is 9.59 Å². The van der Waals surface area contributed by atoms with Crippen molar-refractivity contribution in [1.82, 2.24) is 10.2 Å². The van der Waals surface area contributed by atoms with Crippen molar-refractivity contribution < 1.29 is 14.7 Å². The highest BCUT2D eigenvalue weighted by Gasteiger charge is 2.08. The number of carbonyl (C=O) groups excluding carboxylic acids is 1. The van der Waals surface area contributed by atoms with Crippen LogP contribution < -0.4 is 5.32 Å². The third kappa shape index (κ3) is 4.62. The monoisotopic (exact) mass is 264 g/mol. The van der Waals surface area contributed by atoms with Gasteiger partial charge in [-0.05, 0) is 38.0 Å². The molecule has 0 aliphatic heterocycles. The number of aromatic carboxylic acids is 1. The first-order valence-electron chi connectivity index (χ1n) is 6.43. The number of nitrogens with one attached hydrogen (secondary N) is 1. The highest BCUT2D eigenvalue weighted by Crippen LogP contribution is 2.05. The molecule has 1 aromatic rings. The number of rotatable bonds is 6. The molecule has 0 aromatic heterocycles. The van der Waals surface area contributed by atoms with E-state index in [1.807, 2.05) is 19.9 Å². The van der Waals surface area contributed by atoms with Crippen LogP contribution in [0.4, 0.5) is 4.79 Å². The lowest BCUT2D eigenvalue weighted by atomic mass is 10.1. The first-order chi connectivity index (χ1) is 9.08. The predicted molar refractivity (Wildman–Crippen MR) is 73.4 cm³/mol. The molecule has 19 heavy (non-hydrogen) atoms. The van der Waals surface area contributed by atoms with Gasteiger partial charge in [-0.15, -0.1) is 0 Å². The van der Waals surface area contributed by atoms with E-state index in [-0.39, 0.29) is 11.6 Å². The van der Waals surface area contributed by atoms with Crippen molar-refractivity contribution in [3.8, 4) is 0 Å². The van der Waals surface area contributed by atoms with Crippen molar-refractivity contribution in [3.05, 3.63) is 35.4 Å². The molecule has 0 saturated carbocycles. The van der Waals surface area contributed by atoms with E-state index in [0.717, 1.165) is 5.56 Å². The summed E-state index contributed by atoms with van der Waals surface area (Å²) >= 11 is 0. The van der Waals surface area contributed by atoms with Crippen LogP contribution in [0.15, 0.2) is 24.3 Å². The zero-order valence-corrected chi connectivity index (χ0v) is 11.3. The molecule has 0 heterocycles. The first kappa shape index (κ1) is 15.0. The van der Waals surface area contributed by atoms with Crippen molar-refractivity contribution in [2.24, 2.45) is 0 Å². The molecule has 5 heteroatoms. The van der Waals surface area contributed by atoms with Gasteiger partial charge in [0.2, 0.25) is 0 Å². The van der Waals surface area contributed by atoms with Crippen molar-refractivity contribution in [3.63, 3.8) is 0 Å². The Labute approximate surface area is 113 Å². The van der Waals surface area contributed by atoms with Gasteiger partial charge in [-0.3, -0.25) is 0 Å². The summed E-state index contributed by atoms with van der Waals surface area (Å²) in [5, 5.41) is 11.7. The zero-order valence-electron chi connectivity index (χ0n) is 11.3. The number of urea groups is 1. The molecule has 0 atom stereocenters. The van der Waals surface area contributed by atoms with Gasteiger partial charge in [0.25, 0.3) is 0 Å². The number of carboxylic acid groups (broad SMARTS) is 1. The van der Waals surface area contributed by atoms with Crippen LogP contribution in [-0.4, -0.2) is 41.6 Å². The highest BCUT2D eigenvalue weighted by atomic mass is 16.4. The minimum atomic E-state index is -0.936. The van der Waals surface area contributed by atoms with Crippen molar-refractivity contribution >= 4 is 12.0 Å². The summed E-state index contributed by atoms with van der Waals surface area (Å²) < 4.78 is 0. The Balaban J connectivity index is 2.47. The van der Waals surface area contributed by atoms with Gasteiger partial charge in [0, 0.05) is 19.6 Å². The maximum Gasteiger partial charge on any atom is 0.335 e. The molecule has 104 valence electrons. The number of benzene rings is 1. The van der Waals surface area contributed by atoms with Crippen LogP contribution in [0.5, 0.6) is 0 Å². The average molecular weight is 264 g/mol. The molecule has 0 fully saturated rings. The van der Waals surface area contributed by atoms with Gasteiger partial charge in [0.05, 0.1) is 5.56 Å². The summed E-state index contributed by atoms with van der Waals surface area (Å²) in [6, 6.07) is 6.67. The van der Waals surface area contributed by atoms with Gasteiger partial charge < -0.3 is 15.3 Å². The molecular formula is C14H20N2O3. The molecule has 0 saturated heterocycles. The summed E-state index contributed by atoms with van der Waals surface area (Å²) in [4.78, 5) is 24.2. The summed E-state index contributed by atoms with van der Waals surface area (Å²) in [6.45, 7) is 5.71. The summed E-state index contributed by atoms with van der Waals surface area (Å²) in [7, 11) is 0. The molecule has 0 spiro atoms. The fourth-order valence-corrected chi connectivity index (χ4v) is 1.80. The Bertz CT molecular complexity index is 442. The van der Waals surface area contributed by atoms with Crippen molar-refractivity contribution in [1.29, 1.82) is 0 Å². The average Bonchev–Trinajstić information content (AvgIpc) is 2.40. The molecule has 0 unspecified atom stereocenters. The largest absolute Gasteiger partial charge is 0.478 e. The van der Waals surface area contributed by atoms with Gasteiger partial charge >= 0.3 is 12.0 Å². The van der Waals surface area contributed by atoms with E-state index in [0.29, 0.717) is 26.1 Å². The Morgan fingerprint density at radius 2 is 1.95 bits per heavy atom. The van der Waals surface area contributed by atoms with Gasteiger partial charge in [-0.25, -0.2) is 9.59 Å². The molecular weight excluding hydrogens is 244 g/mol. The SMILES string of the molecule is CCN(CC)C(=O)NCCc1cccc(C(=O)O)c1. The van der Waals surface area contributed by atoms with Crippen LogP contribution in [0.1, 0.15) is 29.8 Å². The van der Waals surface area contributed by atoms with Gasteiger partial charge in [-0.1, -0.05) is 12.1 Å². The molecule has 2 amide bonds. The number of carboxylic acids is 1. The zero-order chi connectivity index (χ0) is 14.3. The molecule has 0 aliphatic carbocycles. The van der Waals surface area contributed by atoms with Crippen molar-refractivity contribution in [2.45, 2.75) is 20.3 Å². The molecule has 1 rings (SSSR count). The van der Waals surface area contributed by atoms with E-state index in [2.05, 4.69) is 5.32 Å². The summed E-state index contributed by atoms with van der Waals surface area (Å²) in [5.74, 6) is -0.936. The van der Waals surface area contributed by atoms with Crippen LogP contribution in [0.25, 0.3) is 0 Å². The van der Waals surface area contributed by atoms with Crippen LogP contribution in [-0.2, 0) is 6.42 Å². The van der Waals surface area contributed by atoms with Gasteiger partial charge in [0.15, 0.2) is 0 Å². The topological polar surface area (TPSA) is 69.6 Å². The quantitative estimate of drug-likeness (QED) is 0.825. The summed E-state index contributed by atoms with van der Waals surface area (Å²) in [6.07, 6.45) is 0.619. The lowest BCUT2D eigenvalue weighted by molar-refractivity contribution is 0.0696. The second-order valence-corrected chi connectivity index (χ2v) is 4.16. The Kier molecular flexibility index (Phi) is 5.85. The highest BCUT2D eigenvalue weighted by molar-refractivity contribution is 5.87. The normalized spacial score (nSPS) is 10.0. The second-order valence-electron chi connectivity index (χ2n) is 4.16. The van der Waals surface area contributed by atoms with E-state index >= 15 is 0 Å². The van der Waals surface area contributed by atoms with E-state index < -0.39 is 5.97 Å². The molecule has 0 radical (unpaired) electrons. The lowest BCUT2D eigenvalue weighted by Crippen LogP contribution is -2.40. The molecule has 0 aliphatic rings.